The smallest absolute Gasteiger partial charge is 0.339 e. The van der Waals surface area contributed by atoms with Gasteiger partial charge in [-0.1, -0.05) is 22.8 Å². The molecule has 1 N–H and O–H groups in total. The number of anilines is 1. The molecular formula is C18H13ClF3N3O2. The molecule has 3 rings (SSSR count). The van der Waals surface area contributed by atoms with Crippen LogP contribution in [0.2, 0.25) is 5.02 Å². The number of hydrogen-bond acceptors (Lipinski definition) is 4. The molecule has 0 saturated carbocycles. The average molecular weight is 396 g/mol. The monoisotopic (exact) mass is 395 g/mol. The van der Waals surface area contributed by atoms with E-state index in [1.165, 1.54) is 12.1 Å². The quantitative estimate of drug-likeness (QED) is 0.661. The van der Waals surface area contributed by atoms with E-state index in [1.54, 1.807) is 24.3 Å². The summed E-state index contributed by atoms with van der Waals surface area (Å²) in [4.78, 5) is 16.2. The summed E-state index contributed by atoms with van der Waals surface area (Å²) in [5.74, 6) is 0.152. The summed E-state index contributed by atoms with van der Waals surface area (Å²) in [7, 11) is 0. The summed E-state index contributed by atoms with van der Waals surface area (Å²) < 4.78 is 43.2. The first-order valence-electron chi connectivity index (χ1n) is 7.87. The summed E-state index contributed by atoms with van der Waals surface area (Å²) in [5, 5.41) is 6.83. The van der Waals surface area contributed by atoms with Crippen molar-refractivity contribution in [1.82, 2.24) is 10.1 Å². The largest absolute Gasteiger partial charge is 0.416 e. The predicted molar refractivity (Wildman–Crippen MR) is 93.1 cm³/mol. The van der Waals surface area contributed by atoms with Crippen LogP contribution in [0.4, 0.5) is 18.9 Å². The Labute approximate surface area is 157 Å². The van der Waals surface area contributed by atoms with Gasteiger partial charge in [0.25, 0.3) is 0 Å². The zero-order valence-electron chi connectivity index (χ0n) is 13.8. The Balaban J connectivity index is 1.58. The maximum atomic E-state index is 12.7. The van der Waals surface area contributed by atoms with E-state index >= 15 is 0 Å². The average Bonchev–Trinajstić information content (AvgIpc) is 3.09. The molecule has 0 fully saturated rings. The molecule has 2 aromatic carbocycles. The van der Waals surface area contributed by atoms with E-state index < -0.39 is 17.6 Å². The molecule has 0 aliphatic carbocycles. The van der Waals surface area contributed by atoms with E-state index in [9.17, 15) is 18.0 Å². The highest BCUT2D eigenvalue weighted by atomic mass is 35.5. The molecule has 1 heterocycles. The van der Waals surface area contributed by atoms with Crippen molar-refractivity contribution in [2.75, 3.05) is 5.32 Å². The van der Waals surface area contributed by atoms with E-state index in [1.807, 2.05) is 0 Å². The van der Waals surface area contributed by atoms with Crippen molar-refractivity contribution in [3.63, 3.8) is 0 Å². The second kappa shape index (κ2) is 7.79. The van der Waals surface area contributed by atoms with Gasteiger partial charge in [0.2, 0.25) is 17.6 Å². The highest BCUT2D eigenvalue weighted by Gasteiger charge is 2.30. The van der Waals surface area contributed by atoms with Crippen molar-refractivity contribution in [2.24, 2.45) is 0 Å². The Morgan fingerprint density at radius 2 is 1.89 bits per heavy atom. The minimum absolute atomic E-state index is 0.0154. The second-order valence-electron chi connectivity index (χ2n) is 5.65. The van der Waals surface area contributed by atoms with Crippen LogP contribution in [-0.2, 0) is 17.4 Å². The Morgan fingerprint density at radius 1 is 1.15 bits per heavy atom. The maximum Gasteiger partial charge on any atom is 0.416 e. The van der Waals surface area contributed by atoms with Crippen molar-refractivity contribution in [2.45, 2.75) is 19.0 Å². The normalized spacial score (nSPS) is 11.4. The second-order valence-corrected chi connectivity index (χ2v) is 6.08. The van der Waals surface area contributed by atoms with Gasteiger partial charge in [-0.2, -0.15) is 18.2 Å². The lowest BCUT2D eigenvalue weighted by molar-refractivity contribution is -0.137. The number of amides is 1. The standard InChI is InChI=1S/C18H13ClF3N3O2/c19-13-6-4-11(5-7-13)17-24-16(27-25-17)9-8-15(26)23-14-3-1-2-12(10-14)18(20,21)22/h1-7,10H,8-9H2,(H,23,26). The minimum atomic E-state index is -4.47. The number of hydrogen-bond donors (Lipinski definition) is 1. The molecule has 1 amide bonds. The number of benzene rings is 2. The summed E-state index contributed by atoms with van der Waals surface area (Å²) in [5.41, 5.74) is -0.0465. The molecular weight excluding hydrogens is 383 g/mol. The molecule has 1 aromatic heterocycles. The summed E-state index contributed by atoms with van der Waals surface area (Å²) >= 11 is 5.82. The van der Waals surface area contributed by atoms with Crippen LogP contribution in [0.5, 0.6) is 0 Å². The van der Waals surface area contributed by atoms with Gasteiger partial charge in [0.05, 0.1) is 5.56 Å². The van der Waals surface area contributed by atoms with Gasteiger partial charge < -0.3 is 9.84 Å². The highest BCUT2D eigenvalue weighted by Crippen LogP contribution is 2.30. The third-order valence-electron chi connectivity index (χ3n) is 3.61. The first kappa shape index (κ1) is 18.9. The Kier molecular flexibility index (Phi) is 5.46. The van der Waals surface area contributed by atoms with Crippen molar-refractivity contribution >= 4 is 23.2 Å². The molecule has 0 unspecified atom stereocenters. The zero-order valence-corrected chi connectivity index (χ0v) is 14.5. The number of aromatic nitrogens is 2. The van der Waals surface area contributed by atoms with Gasteiger partial charge in [0.15, 0.2) is 0 Å². The number of alkyl halides is 3. The summed E-state index contributed by atoms with van der Waals surface area (Å²) in [6.07, 6.45) is -4.33. The molecule has 0 saturated heterocycles. The van der Waals surface area contributed by atoms with Crippen molar-refractivity contribution in [1.29, 1.82) is 0 Å². The van der Waals surface area contributed by atoms with Crippen LogP contribution < -0.4 is 5.32 Å². The summed E-state index contributed by atoms with van der Waals surface area (Å²) in [6.45, 7) is 0. The number of nitrogens with one attached hydrogen (secondary N) is 1. The molecule has 0 aliphatic heterocycles. The van der Waals surface area contributed by atoms with Crippen LogP contribution in [-0.4, -0.2) is 16.0 Å². The molecule has 0 radical (unpaired) electrons. The minimum Gasteiger partial charge on any atom is -0.339 e. The van der Waals surface area contributed by atoms with E-state index in [0.717, 1.165) is 12.1 Å². The van der Waals surface area contributed by atoms with Gasteiger partial charge in [0.1, 0.15) is 0 Å². The number of halogens is 4. The number of rotatable bonds is 5. The SMILES string of the molecule is O=C(CCc1nc(-c2ccc(Cl)cc2)no1)Nc1cccc(C(F)(F)F)c1. The third kappa shape index (κ3) is 5.07. The predicted octanol–water partition coefficient (Wildman–Crippen LogP) is 4.98. The van der Waals surface area contributed by atoms with Gasteiger partial charge in [-0.25, -0.2) is 0 Å². The van der Waals surface area contributed by atoms with Crippen LogP contribution in [0, 0.1) is 0 Å². The third-order valence-corrected chi connectivity index (χ3v) is 3.86. The maximum absolute atomic E-state index is 12.7. The van der Waals surface area contributed by atoms with Crippen LogP contribution in [0.3, 0.4) is 0 Å². The number of carbonyl (C=O) groups is 1. The van der Waals surface area contributed by atoms with Gasteiger partial charge in [-0.3, -0.25) is 4.79 Å². The fraction of sp³-hybridized carbons (Fsp3) is 0.167. The van der Waals surface area contributed by atoms with Crippen LogP contribution >= 0.6 is 11.6 Å². The van der Waals surface area contributed by atoms with Crippen molar-refractivity contribution < 1.29 is 22.5 Å². The van der Waals surface area contributed by atoms with E-state index in [4.69, 9.17) is 16.1 Å². The molecule has 0 aliphatic rings. The van der Waals surface area contributed by atoms with Gasteiger partial charge in [-0.15, -0.1) is 0 Å². The summed E-state index contributed by atoms with van der Waals surface area (Å²) in [6, 6.07) is 11.3. The topological polar surface area (TPSA) is 68.0 Å². The lowest BCUT2D eigenvalue weighted by Crippen LogP contribution is -2.13. The lowest BCUT2D eigenvalue weighted by Gasteiger charge is -2.09. The van der Waals surface area contributed by atoms with E-state index in [0.29, 0.717) is 16.4 Å². The number of carbonyl (C=O) groups excluding carboxylic acids is 1. The van der Waals surface area contributed by atoms with Gasteiger partial charge in [-0.05, 0) is 42.5 Å². The number of aryl methyl sites for hydroxylation is 1. The van der Waals surface area contributed by atoms with E-state index in [2.05, 4.69) is 15.5 Å². The molecule has 3 aromatic rings. The lowest BCUT2D eigenvalue weighted by atomic mass is 10.2. The molecule has 140 valence electrons. The Morgan fingerprint density at radius 3 is 2.59 bits per heavy atom. The van der Waals surface area contributed by atoms with Gasteiger partial charge >= 0.3 is 6.18 Å². The zero-order chi connectivity index (χ0) is 19.4. The highest BCUT2D eigenvalue weighted by molar-refractivity contribution is 6.30. The molecule has 0 bridgehead atoms. The van der Waals surface area contributed by atoms with Crippen LogP contribution in [0.1, 0.15) is 17.9 Å². The molecule has 0 spiro atoms. The van der Waals surface area contributed by atoms with Crippen molar-refractivity contribution in [3.05, 3.63) is 65.0 Å². The van der Waals surface area contributed by atoms with Gasteiger partial charge in [0, 0.05) is 29.1 Å². The number of nitrogens with zero attached hydrogens (tertiary/aromatic N) is 2. The first-order valence-corrected chi connectivity index (χ1v) is 8.25. The molecule has 0 atom stereocenters. The van der Waals surface area contributed by atoms with Crippen LogP contribution in [0.25, 0.3) is 11.4 Å². The fourth-order valence-electron chi connectivity index (χ4n) is 2.29. The Hall–Kier alpha value is -2.87. The Bertz CT molecular complexity index is 940. The molecule has 9 heteroatoms. The molecule has 27 heavy (non-hydrogen) atoms. The molecule has 5 nitrogen and oxygen atoms in total. The van der Waals surface area contributed by atoms with Crippen LogP contribution in [0.15, 0.2) is 53.1 Å². The van der Waals surface area contributed by atoms with E-state index in [-0.39, 0.29) is 24.4 Å². The first-order chi connectivity index (χ1) is 12.8. The fourth-order valence-corrected chi connectivity index (χ4v) is 2.42. The van der Waals surface area contributed by atoms with Crippen molar-refractivity contribution in [3.8, 4) is 11.4 Å².